The maximum atomic E-state index is 11.3. The standard InChI is InChI=1S/C12H12N2O2/c1-14-12(15)10(8-13)6-9-4-3-5-11(7-9)16-2/h3-7H,1-2H3,(H,14,15). The maximum absolute atomic E-state index is 11.3. The molecule has 4 heteroatoms. The first kappa shape index (κ1) is 11.8. The Hall–Kier alpha value is -2.28. The smallest absolute Gasteiger partial charge is 0.261 e. The highest BCUT2D eigenvalue weighted by Gasteiger charge is 2.05. The van der Waals surface area contributed by atoms with E-state index in [-0.39, 0.29) is 5.57 Å². The molecular weight excluding hydrogens is 204 g/mol. The van der Waals surface area contributed by atoms with Crippen molar-refractivity contribution in [3.05, 3.63) is 35.4 Å². The number of benzene rings is 1. The average Bonchev–Trinajstić information content (AvgIpc) is 2.35. The molecule has 1 N–H and O–H groups in total. The molecule has 0 bridgehead atoms. The fourth-order valence-corrected chi connectivity index (χ4v) is 1.18. The molecule has 1 aromatic carbocycles. The normalized spacial score (nSPS) is 10.4. The van der Waals surface area contributed by atoms with Crippen molar-refractivity contribution < 1.29 is 9.53 Å². The lowest BCUT2D eigenvalue weighted by Crippen LogP contribution is -2.19. The summed E-state index contributed by atoms with van der Waals surface area (Å²) in [7, 11) is 3.05. The van der Waals surface area contributed by atoms with Crippen molar-refractivity contribution in [2.45, 2.75) is 0 Å². The van der Waals surface area contributed by atoms with E-state index in [0.717, 1.165) is 5.56 Å². The Morgan fingerprint density at radius 2 is 2.31 bits per heavy atom. The molecule has 0 radical (unpaired) electrons. The van der Waals surface area contributed by atoms with Crippen LogP contribution in [0.25, 0.3) is 6.08 Å². The summed E-state index contributed by atoms with van der Waals surface area (Å²) in [5, 5.41) is 11.2. The van der Waals surface area contributed by atoms with Gasteiger partial charge < -0.3 is 10.1 Å². The molecule has 0 heterocycles. The molecule has 1 aromatic rings. The molecule has 0 aliphatic rings. The van der Waals surface area contributed by atoms with Crippen LogP contribution in [0.4, 0.5) is 0 Å². The Morgan fingerprint density at radius 1 is 1.56 bits per heavy atom. The zero-order valence-corrected chi connectivity index (χ0v) is 9.15. The van der Waals surface area contributed by atoms with E-state index in [4.69, 9.17) is 10.00 Å². The van der Waals surface area contributed by atoms with E-state index in [1.165, 1.54) is 13.1 Å². The minimum atomic E-state index is -0.398. The lowest BCUT2D eigenvalue weighted by molar-refractivity contribution is -0.116. The molecule has 0 spiro atoms. The summed E-state index contributed by atoms with van der Waals surface area (Å²) in [6, 6.07) is 8.98. The number of carbonyl (C=O) groups is 1. The lowest BCUT2D eigenvalue weighted by Gasteiger charge is -2.01. The molecule has 16 heavy (non-hydrogen) atoms. The van der Waals surface area contributed by atoms with Gasteiger partial charge in [0.25, 0.3) is 5.91 Å². The first-order valence-electron chi connectivity index (χ1n) is 4.69. The second-order valence-corrected chi connectivity index (χ2v) is 3.03. The highest BCUT2D eigenvalue weighted by atomic mass is 16.5. The van der Waals surface area contributed by atoms with Crippen LogP contribution in [0.3, 0.4) is 0 Å². The number of carbonyl (C=O) groups excluding carboxylic acids is 1. The lowest BCUT2D eigenvalue weighted by atomic mass is 10.1. The molecule has 4 nitrogen and oxygen atoms in total. The maximum Gasteiger partial charge on any atom is 0.261 e. The SMILES string of the molecule is CNC(=O)C(C#N)=Cc1cccc(OC)c1. The Kier molecular flexibility index (Phi) is 4.10. The fourth-order valence-electron chi connectivity index (χ4n) is 1.18. The topological polar surface area (TPSA) is 62.1 Å². The molecule has 0 aliphatic heterocycles. The van der Waals surface area contributed by atoms with Gasteiger partial charge in [-0.2, -0.15) is 5.26 Å². The number of methoxy groups -OCH3 is 1. The number of hydrogen-bond donors (Lipinski definition) is 1. The quantitative estimate of drug-likeness (QED) is 0.612. The third-order valence-corrected chi connectivity index (χ3v) is 2.00. The minimum Gasteiger partial charge on any atom is -0.497 e. The van der Waals surface area contributed by atoms with E-state index < -0.39 is 5.91 Å². The second-order valence-electron chi connectivity index (χ2n) is 3.03. The van der Waals surface area contributed by atoms with Crippen molar-refractivity contribution in [1.82, 2.24) is 5.32 Å². The van der Waals surface area contributed by atoms with Gasteiger partial charge in [-0.05, 0) is 23.8 Å². The van der Waals surface area contributed by atoms with Crippen molar-refractivity contribution in [3.8, 4) is 11.8 Å². The predicted octanol–water partition coefficient (Wildman–Crippen LogP) is 1.35. The Bertz CT molecular complexity index is 458. The van der Waals surface area contributed by atoms with Gasteiger partial charge in [-0.15, -0.1) is 0 Å². The van der Waals surface area contributed by atoms with Gasteiger partial charge in [-0.3, -0.25) is 4.79 Å². The molecular formula is C12H12N2O2. The van der Waals surface area contributed by atoms with Crippen LogP contribution in [-0.4, -0.2) is 20.1 Å². The van der Waals surface area contributed by atoms with E-state index in [2.05, 4.69) is 5.32 Å². The van der Waals surface area contributed by atoms with Crippen molar-refractivity contribution >= 4 is 12.0 Å². The van der Waals surface area contributed by atoms with E-state index in [9.17, 15) is 4.79 Å². The molecule has 0 saturated carbocycles. The zero-order valence-electron chi connectivity index (χ0n) is 9.15. The molecule has 1 rings (SSSR count). The largest absolute Gasteiger partial charge is 0.497 e. The second kappa shape index (κ2) is 5.56. The molecule has 1 amide bonds. The van der Waals surface area contributed by atoms with Crippen molar-refractivity contribution in [2.75, 3.05) is 14.2 Å². The number of ether oxygens (including phenoxy) is 1. The van der Waals surface area contributed by atoms with Crippen LogP contribution >= 0.6 is 0 Å². The summed E-state index contributed by atoms with van der Waals surface area (Å²) < 4.78 is 5.04. The summed E-state index contributed by atoms with van der Waals surface area (Å²) >= 11 is 0. The summed E-state index contributed by atoms with van der Waals surface area (Å²) in [5.74, 6) is 0.285. The van der Waals surface area contributed by atoms with Gasteiger partial charge in [-0.25, -0.2) is 0 Å². The van der Waals surface area contributed by atoms with Crippen LogP contribution in [0.5, 0.6) is 5.75 Å². The Balaban J connectivity index is 3.05. The number of likely N-dealkylation sites (N-methyl/N-ethyl adjacent to an activating group) is 1. The number of nitriles is 1. The van der Waals surface area contributed by atoms with Crippen LogP contribution < -0.4 is 10.1 Å². The van der Waals surface area contributed by atoms with E-state index in [1.807, 2.05) is 6.07 Å². The van der Waals surface area contributed by atoms with Crippen molar-refractivity contribution in [2.24, 2.45) is 0 Å². The monoisotopic (exact) mass is 216 g/mol. The number of rotatable bonds is 3. The molecule has 0 aliphatic carbocycles. The highest BCUT2D eigenvalue weighted by Crippen LogP contribution is 2.15. The van der Waals surface area contributed by atoms with Crippen LogP contribution in [0.2, 0.25) is 0 Å². The number of nitrogens with zero attached hydrogens (tertiary/aromatic N) is 1. The number of amides is 1. The third kappa shape index (κ3) is 2.85. The summed E-state index contributed by atoms with van der Waals surface area (Å²) in [6.07, 6.45) is 1.52. The van der Waals surface area contributed by atoms with Gasteiger partial charge >= 0.3 is 0 Å². The van der Waals surface area contributed by atoms with Gasteiger partial charge in [-0.1, -0.05) is 12.1 Å². The Labute approximate surface area is 94.1 Å². The molecule has 0 atom stereocenters. The Morgan fingerprint density at radius 3 is 2.88 bits per heavy atom. The fraction of sp³-hybridized carbons (Fsp3) is 0.167. The zero-order chi connectivity index (χ0) is 12.0. The summed E-state index contributed by atoms with van der Waals surface area (Å²) in [6.45, 7) is 0. The van der Waals surface area contributed by atoms with Crippen LogP contribution in [-0.2, 0) is 4.79 Å². The number of hydrogen-bond acceptors (Lipinski definition) is 3. The van der Waals surface area contributed by atoms with Gasteiger partial charge in [0, 0.05) is 7.05 Å². The first-order valence-corrected chi connectivity index (χ1v) is 4.69. The third-order valence-electron chi connectivity index (χ3n) is 2.00. The van der Waals surface area contributed by atoms with Crippen LogP contribution in [0.1, 0.15) is 5.56 Å². The predicted molar refractivity (Wildman–Crippen MR) is 60.7 cm³/mol. The molecule has 82 valence electrons. The molecule has 0 aromatic heterocycles. The average molecular weight is 216 g/mol. The molecule has 0 unspecified atom stereocenters. The summed E-state index contributed by atoms with van der Waals surface area (Å²) in [5.41, 5.74) is 0.815. The van der Waals surface area contributed by atoms with Gasteiger partial charge in [0.15, 0.2) is 0 Å². The summed E-state index contributed by atoms with van der Waals surface area (Å²) in [4.78, 5) is 11.3. The van der Waals surface area contributed by atoms with Gasteiger partial charge in [0.05, 0.1) is 7.11 Å². The van der Waals surface area contributed by atoms with Gasteiger partial charge in [0.1, 0.15) is 17.4 Å². The van der Waals surface area contributed by atoms with Gasteiger partial charge in [0.2, 0.25) is 0 Å². The first-order chi connectivity index (χ1) is 7.71. The highest BCUT2D eigenvalue weighted by molar-refractivity contribution is 6.01. The van der Waals surface area contributed by atoms with E-state index >= 15 is 0 Å². The molecule has 0 saturated heterocycles. The van der Waals surface area contributed by atoms with Crippen LogP contribution in [0.15, 0.2) is 29.8 Å². The minimum absolute atomic E-state index is 0.0655. The number of nitrogens with one attached hydrogen (secondary N) is 1. The van der Waals surface area contributed by atoms with E-state index in [1.54, 1.807) is 31.4 Å². The van der Waals surface area contributed by atoms with E-state index in [0.29, 0.717) is 5.75 Å². The van der Waals surface area contributed by atoms with Crippen molar-refractivity contribution in [3.63, 3.8) is 0 Å². The molecule has 0 fully saturated rings. The van der Waals surface area contributed by atoms with Crippen LogP contribution in [0, 0.1) is 11.3 Å². The van der Waals surface area contributed by atoms with Crippen molar-refractivity contribution in [1.29, 1.82) is 5.26 Å².